The Morgan fingerprint density at radius 1 is 1.14 bits per heavy atom. The number of hydrogen-bond donors (Lipinski definition) is 1. The fraction of sp³-hybridized carbons (Fsp3) is 0.333. The van der Waals surface area contributed by atoms with Crippen molar-refractivity contribution in [2.75, 3.05) is 14.2 Å². The molecule has 2 nitrogen and oxygen atoms in total. The monoisotopic (exact) mass is 287 g/mol. The Labute approximate surface area is 126 Å². The highest BCUT2D eigenvalue weighted by Crippen LogP contribution is 2.38. The van der Waals surface area contributed by atoms with Gasteiger partial charge in [-0.1, -0.05) is 12.1 Å². The van der Waals surface area contributed by atoms with Gasteiger partial charge in [0, 0.05) is 11.6 Å². The number of methoxy groups -OCH3 is 1. The van der Waals surface area contributed by atoms with Gasteiger partial charge in [-0.15, -0.1) is 0 Å². The average Bonchev–Trinajstić information content (AvgIpc) is 2.45. The summed E-state index contributed by atoms with van der Waals surface area (Å²) in [6.07, 6.45) is 0. The third-order valence-corrected chi connectivity index (χ3v) is 3.85. The fourth-order valence-corrected chi connectivity index (χ4v) is 2.71. The zero-order chi connectivity index (χ0) is 15.6. The summed E-state index contributed by atoms with van der Waals surface area (Å²) in [5.74, 6) is 0.543. The maximum Gasteiger partial charge on any atom is 0.127 e. The molecule has 0 fully saturated rings. The molecule has 0 saturated carbocycles. The predicted molar refractivity (Wildman–Crippen MR) is 85.3 cm³/mol. The topological polar surface area (TPSA) is 21.3 Å². The second-order valence-electron chi connectivity index (χ2n) is 5.40. The van der Waals surface area contributed by atoms with E-state index < -0.39 is 0 Å². The zero-order valence-electron chi connectivity index (χ0n) is 13.3. The molecule has 0 aliphatic heterocycles. The number of halogens is 1. The number of nitrogens with one attached hydrogen (secondary N) is 1. The van der Waals surface area contributed by atoms with E-state index in [-0.39, 0.29) is 11.9 Å². The summed E-state index contributed by atoms with van der Waals surface area (Å²) < 4.78 is 19.3. The molecule has 1 N–H and O–H groups in total. The van der Waals surface area contributed by atoms with Crippen molar-refractivity contribution in [2.24, 2.45) is 0 Å². The first-order valence-corrected chi connectivity index (χ1v) is 7.10. The summed E-state index contributed by atoms with van der Waals surface area (Å²) in [5.41, 5.74) is 5.12. The van der Waals surface area contributed by atoms with Crippen molar-refractivity contribution in [3.05, 3.63) is 52.8 Å². The molecule has 0 radical (unpaired) electrons. The van der Waals surface area contributed by atoms with Crippen molar-refractivity contribution in [3.63, 3.8) is 0 Å². The third kappa shape index (κ3) is 3.08. The van der Waals surface area contributed by atoms with Gasteiger partial charge in [-0.25, -0.2) is 4.39 Å². The molecule has 0 aromatic heterocycles. The van der Waals surface area contributed by atoms with Crippen molar-refractivity contribution in [1.29, 1.82) is 0 Å². The summed E-state index contributed by atoms with van der Waals surface area (Å²) in [6, 6.07) is 9.14. The molecule has 112 valence electrons. The molecule has 0 spiro atoms. The molecule has 0 heterocycles. The lowest BCUT2D eigenvalue weighted by atomic mass is 9.91. The summed E-state index contributed by atoms with van der Waals surface area (Å²) in [4.78, 5) is 0. The van der Waals surface area contributed by atoms with Crippen molar-refractivity contribution in [1.82, 2.24) is 5.32 Å². The lowest BCUT2D eigenvalue weighted by Gasteiger charge is -2.20. The summed E-state index contributed by atoms with van der Waals surface area (Å²) >= 11 is 0. The zero-order valence-corrected chi connectivity index (χ0v) is 13.3. The van der Waals surface area contributed by atoms with E-state index >= 15 is 0 Å². The molecule has 0 saturated heterocycles. The molecule has 0 aliphatic rings. The van der Waals surface area contributed by atoms with Crippen molar-refractivity contribution >= 4 is 0 Å². The average molecular weight is 287 g/mol. The van der Waals surface area contributed by atoms with Crippen molar-refractivity contribution in [2.45, 2.75) is 26.8 Å². The van der Waals surface area contributed by atoms with Crippen LogP contribution in [0.25, 0.3) is 11.1 Å². The molecule has 0 amide bonds. The molecule has 1 unspecified atom stereocenters. The third-order valence-electron chi connectivity index (χ3n) is 3.85. The lowest BCUT2D eigenvalue weighted by molar-refractivity contribution is 0.415. The Morgan fingerprint density at radius 3 is 2.48 bits per heavy atom. The van der Waals surface area contributed by atoms with Gasteiger partial charge in [0.2, 0.25) is 0 Å². The largest absolute Gasteiger partial charge is 0.496 e. The molecule has 2 rings (SSSR count). The Bertz CT molecular complexity index is 652. The van der Waals surface area contributed by atoms with Gasteiger partial charge in [0.1, 0.15) is 11.6 Å². The van der Waals surface area contributed by atoms with Gasteiger partial charge in [0.05, 0.1) is 7.11 Å². The maximum absolute atomic E-state index is 13.8. The van der Waals surface area contributed by atoms with E-state index in [4.69, 9.17) is 4.74 Å². The molecule has 0 aliphatic carbocycles. The second kappa shape index (κ2) is 6.27. The number of aryl methyl sites for hydroxylation is 2. The first kappa shape index (κ1) is 15.5. The SMILES string of the molecule is CNC(C)c1ccc(F)cc1-c1c(C)cc(C)cc1OC. The molecule has 1 atom stereocenters. The predicted octanol–water partition coefficient (Wildman–Crippen LogP) is 4.40. The van der Waals surface area contributed by atoms with Gasteiger partial charge in [0.25, 0.3) is 0 Å². The number of rotatable bonds is 4. The van der Waals surface area contributed by atoms with Gasteiger partial charge in [-0.3, -0.25) is 0 Å². The minimum atomic E-state index is -0.237. The van der Waals surface area contributed by atoms with Gasteiger partial charge in [-0.05, 0) is 68.3 Å². The fourth-order valence-electron chi connectivity index (χ4n) is 2.71. The summed E-state index contributed by atoms with van der Waals surface area (Å²) in [7, 11) is 3.55. The van der Waals surface area contributed by atoms with Gasteiger partial charge in [-0.2, -0.15) is 0 Å². The normalized spacial score (nSPS) is 12.3. The van der Waals surface area contributed by atoms with Gasteiger partial charge in [0.15, 0.2) is 0 Å². The van der Waals surface area contributed by atoms with E-state index in [2.05, 4.69) is 18.3 Å². The molecule has 21 heavy (non-hydrogen) atoms. The van der Waals surface area contributed by atoms with E-state index in [9.17, 15) is 4.39 Å². The van der Waals surface area contributed by atoms with Gasteiger partial charge < -0.3 is 10.1 Å². The highest BCUT2D eigenvalue weighted by Gasteiger charge is 2.17. The van der Waals surface area contributed by atoms with E-state index in [1.807, 2.05) is 33.0 Å². The Balaban J connectivity index is 2.74. The second-order valence-corrected chi connectivity index (χ2v) is 5.40. The number of ether oxygens (including phenoxy) is 1. The van der Waals surface area contributed by atoms with Crippen LogP contribution in [0, 0.1) is 19.7 Å². The number of benzene rings is 2. The highest BCUT2D eigenvalue weighted by atomic mass is 19.1. The van der Waals surface area contributed by atoms with E-state index in [1.165, 1.54) is 6.07 Å². The Kier molecular flexibility index (Phi) is 4.63. The first-order chi connectivity index (χ1) is 9.97. The van der Waals surface area contributed by atoms with Crippen LogP contribution >= 0.6 is 0 Å². The van der Waals surface area contributed by atoms with Crippen LogP contribution in [0.15, 0.2) is 30.3 Å². The lowest BCUT2D eigenvalue weighted by Crippen LogP contribution is -2.13. The quantitative estimate of drug-likeness (QED) is 0.900. The summed E-state index contributed by atoms with van der Waals surface area (Å²) in [6.45, 7) is 6.12. The highest BCUT2D eigenvalue weighted by molar-refractivity contribution is 5.77. The Hall–Kier alpha value is -1.87. The van der Waals surface area contributed by atoms with Crippen LogP contribution in [-0.2, 0) is 0 Å². The standard InChI is InChI=1S/C18H22FNO/c1-11-8-12(2)18(17(9-11)21-5)16-10-14(19)6-7-15(16)13(3)20-4/h6-10,13,20H,1-5H3. The van der Waals surface area contributed by atoms with Crippen LogP contribution in [0.2, 0.25) is 0 Å². The summed E-state index contributed by atoms with van der Waals surface area (Å²) in [5, 5.41) is 3.22. The molecular formula is C18H22FNO. The maximum atomic E-state index is 13.8. The van der Waals surface area contributed by atoms with E-state index in [0.29, 0.717) is 0 Å². The van der Waals surface area contributed by atoms with E-state index in [0.717, 1.165) is 33.6 Å². The molecule has 2 aromatic carbocycles. The van der Waals surface area contributed by atoms with Crippen molar-refractivity contribution < 1.29 is 9.13 Å². The van der Waals surface area contributed by atoms with Crippen LogP contribution in [0.3, 0.4) is 0 Å². The Morgan fingerprint density at radius 2 is 1.86 bits per heavy atom. The van der Waals surface area contributed by atoms with Gasteiger partial charge >= 0.3 is 0 Å². The van der Waals surface area contributed by atoms with Crippen LogP contribution in [0.1, 0.15) is 29.7 Å². The van der Waals surface area contributed by atoms with E-state index in [1.54, 1.807) is 13.2 Å². The molecule has 2 aromatic rings. The minimum absolute atomic E-state index is 0.131. The first-order valence-electron chi connectivity index (χ1n) is 7.10. The molecule has 3 heteroatoms. The smallest absolute Gasteiger partial charge is 0.127 e. The van der Waals surface area contributed by atoms with Crippen LogP contribution in [-0.4, -0.2) is 14.2 Å². The van der Waals surface area contributed by atoms with Crippen molar-refractivity contribution in [3.8, 4) is 16.9 Å². The minimum Gasteiger partial charge on any atom is -0.496 e. The molecule has 0 bridgehead atoms. The van der Waals surface area contributed by atoms with Crippen LogP contribution in [0.5, 0.6) is 5.75 Å². The molecular weight excluding hydrogens is 265 g/mol. The van der Waals surface area contributed by atoms with Crippen LogP contribution in [0.4, 0.5) is 4.39 Å². The van der Waals surface area contributed by atoms with Crippen LogP contribution < -0.4 is 10.1 Å². The number of hydrogen-bond acceptors (Lipinski definition) is 2.